The number of amides is 1. The molecule has 0 radical (unpaired) electrons. The maximum absolute atomic E-state index is 11.8. The highest BCUT2D eigenvalue weighted by Gasteiger charge is 2.21. The second-order valence-corrected chi connectivity index (χ2v) is 4.85. The highest BCUT2D eigenvalue weighted by Crippen LogP contribution is 2.24. The molecule has 5 heteroatoms. The van der Waals surface area contributed by atoms with Gasteiger partial charge in [-0.15, -0.1) is 0 Å². The van der Waals surface area contributed by atoms with Crippen LogP contribution in [0.2, 0.25) is 0 Å². The fourth-order valence-corrected chi connectivity index (χ4v) is 2.35. The first-order valence-electron chi connectivity index (χ1n) is 6.47. The van der Waals surface area contributed by atoms with Crippen LogP contribution in [-0.2, 0) is 11.3 Å². The SMILES string of the molecule is Cc1cncn(CCNC(=O)C2CCCC2)c1=O. The molecular formula is C13H19N3O2. The monoisotopic (exact) mass is 249 g/mol. The highest BCUT2D eigenvalue weighted by molar-refractivity contribution is 5.78. The van der Waals surface area contributed by atoms with E-state index in [4.69, 9.17) is 0 Å². The minimum atomic E-state index is -0.0416. The average molecular weight is 249 g/mol. The molecule has 2 rings (SSSR count). The topological polar surface area (TPSA) is 64.0 Å². The Morgan fingerprint density at radius 1 is 1.50 bits per heavy atom. The largest absolute Gasteiger partial charge is 0.354 e. The number of hydrogen-bond donors (Lipinski definition) is 1. The Morgan fingerprint density at radius 3 is 2.94 bits per heavy atom. The second kappa shape index (κ2) is 5.80. The number of aryl methyl sites for hydroxylation is 1. The van der Waals surface area contributed by atoms with Gasteiger partial charge in [-0.1, -0.05) is 12.8 Å². The van der Waals surface area contributed by atoms with Crippen molar-refractivity contribution in [2.24, 2.45) is 5.92 Å². The molecule has 5 nitrogen and oxygen atoms in total. The quantitative estimate of drug-likeness (QED) is 0.860. The minimum absolute atomic E-state index is 0.0416. The number of nitrogens with zero attached hydrogens (tertiary/aromatic N) is 2. The number of aromatic nitrogens is 2. The summed E-state index contributed by atoms with van der Waals surface area (Å²) in [6, 6.07) is 0. The van der Waals surface area contributed by atoms with Crippen LogP contribution in [0.5, 0.6) is 0 Å². The van der Waals surface area contributed by atoms with Gasteiger partial charge in [-0.05, 0) is 19.8 Å². The van der Waals surface area contributed by atoms with Crippen LogP contribution in [-0.4, -0.2) is 22.0 Å². The molecule has 0 aromatic carbocycles. The summed E-state index contributed by atoms with van der Waals surface area (Å²) < 4.78 is 1.53. The first-order chi connectivity index (χ1) is 8.68. The Balaban J connectivity index is 1.83. The molecule has 1 aliphatic rings. The van der Waals surface area contributed by atoms with Gasteiger partial charge in [0.1, 0.15) is 0 Å². The number of hydrogen-bond acceptors (Lipinski definition) is 3. The summed E-state index contributed by atoms with van der Waals surface area (Å²) >= 11 is 0. The summed E-state index contributed by atoms with van der Waals surface area (Å²) in [5.74, 6) is 0.304. The van der Waals surface area contributed by atoms with Crippen LogP contribution in [0, 0.1) is 12.8 Å². The second-order valence-electron chi connectivity index (χ2n) is 4.85. The first-order valence-corrected chi connectivity index (χ1v) is 6.47. The third-order valence-corrected chi connectivity index (χ3v) is 3.45. The van der Waals surface area contributed by atoms with E-state index in [0.717, 1.165) is 25.7 Å². The van der Waals surface area contributed by atoms with Gasteiger partial charge < -0.3 is 5.32 Å². The van der Waals surface area contributed by atoms with Crippen molar-refractivity contribution in [3.63, 3.8) is 0 Å². The molecule has 1 aliphatic carbocycles. The van der Waals surface area contributed by atoms with Gasteiger partial charge in [0.15, 0.2) is 0 Å². The Morgan fingerprint density at radius 2 is 2.22 bits per heavy atom. The Bertz CT molecular complexity index is 475. The summed E-state index contributed by atoms with van der Waals surface area (Å²) in [5.41, 5.74) is 0.583. The van der Waals surface area contributed by atoms with Gasteiger partial charge in [0, 0.05) is 30.8 Å². The molecule has 1 fully saturated rings. The van der Waals surface area contributed by atoms with Crippen LogP contribution in [0.3, 0.4) is 0 Å². The van der Waals surface area contributed by atoms with Gasteiger partial charge in [-0.2, -0.15) is 0 Å². The highest BCUT2D eigenvalue weighted by atomic mass is 16.2. The van der Waals surface area contributed by atoms with Crippen LogP contribution >= 0.6 is 0 Å². The molecule has 0 unspecified atom stereocenters. The molecule has 0 atom stereocenters. The first kappa shape index (κ1) is 12.8. The van der Waals surface area contributed by atoms with E-state index >= 15 is 0 Å². The molecule has 1 N–H and O–H groups in total. The van der Waals surface area contributed by atoms with Crippen LogP contribution in [0.1, 0.15) is 31.2 Å². The van der Waals surface area contributed by atoms with E-state index in [1.165, 1.54) is 10.9 Å². The van der Waals surface area contributed by atoms with E-state index in [1.807, 2.05) is 0 Å². The molecule has 1 heterocycles. The molecule has 1 aromatic heterocycles. The minimum Gasteiger partial charge on any atom is -0.354 e. The third kappa shape index (κ3) is 2.97. The fraction of sp³-hybridized carbons (Fsp3) is 0.615. The fourth-order valence-electron chi connectivity index (χ4n) is 2.35. The van der Waals surface area contributed by atoms with Crippen LogP contribution in [0.4, 0.5) is 0 Å². The predicted molar refractivity (Wildman–Crippen MR) is 68.2 cm³/mol. The van der Waals surface area contributed by atoms with Gasteiger partial charge in [0.25, 0.3) is 5.56 Å². The number of carbonyl (C=O) groups excluding carboxylic acids is 1. The smallest absolute Gasteiger partial charge is 0.256 e. The lowest BCUT2D eigenvalue weighted by Gasteiger charge is -2.11. The number of rotatable bonds is 4. The molecule has 0 aliphatic heterocycles. The predicted octanol–water partition coefficient (Wildman–Crippen LogP) is 0.858. The van der Waals surface area contributed by atoms with Gasteiger partial charge >= 0.3 is 0 Å². The zero-order chi connectivity index (χ0) is 13.0. The van der Waals surface area contributed by atoms with Crippen molar-refractivity contribution in [1.82, 2.24) is 14.9 Å². The molecular weight excluding hydrogens is 230 g/mol. The average Bonchev–Trinajstić information content (AvgIpc) is 2.88. The molecule has 1 saturated carbocycles. The van der Waals surface area contributed by atoms with Gasteiger partial charge in [-0.25, -0.2) is 4.98 Å². The van der Waals surface area contributed by atoms with Crippen LogP contribution in [0.15, 0.2) is 17.3 Å². The molecule has 1 aromatic rings. The lowest BCUT2D eigenvalue weighted by atomic mass is 10.1. The Labute approximate surface area is 106 Å². The molecule has 0 spiro atoms. The number of nitrogens with one attached hydrogen (secondary N) is 1. The van der Waals surface area contributed by atoms with Crippen LogP contribution in [0.25, 0.3) is 0 Å². The standard InChI is InChI=1S/C13H19N3O2/c1-10-8-14-9-16(13(10)18)7-6-15-12(17)11-4-2-3-5-11/h8-9,11H,2-7H2,1H3,(H,15,17). The van der Waals surface area contributed by atoms with Crippen molar-refractivity contribution >= 4 is 5.91 Å². The van der Waals surface area contributed by atoms with Crippen LogP contribution < -0.4 is 10.9 Å². The number of carbonyl (C=O) groups is 1. The maximum Gasteiger partial charge on any atom is 0.256 e. The molecule has 0 saturated heterocycles. The van der Waals surface area contributed by atoms with E-state index < -0.39 is 0 Å². The third-order valence-electron chi connectivity index (χ3n) is 3.45. The van der Waals surface area contributed by atoms with E-state index in [-0.39, 0.29) is 17.4 Å². The maximum atomic E-state index is 11.8. The Hall–Kier alpha value is -1.65. The molecule has 18 heavy (non-hydrogen) atoms. The summed E-state index contributed by atoms with van der Waals surface area (Å²) in [4.78, 5) is 27.5. The molecule has 0 bridgehead atoms. The van der Waals surface area contributed by atoms with Crippen molar-refractivity contribution in [2.75, 3.05) is 6.54 Å². The van der Waals surface area contributed by atoms with Crippen molar-refractivity contribution < 1.29 is 4.79 Å². The van der Waals surface area contributed by atoms with Crippen molar-refractivity contribution in [1.29, 1.82) is 0 Å². The van der Waals surface area contributed by atoms with E-state index in [9.17, 15) is 9.59 Å². The van der Waals surface area contributed by atoms with E-state index in [1.54, 1.807) is 13.1 Å². The summed E-state index contributed by atoms with van der Waals surface area (Å²) in [7, 11) is 0. The van der Waals surface area contributed by atoms with Crippen molar-refractivity contribution in [2.45, 2.75) is 39.2 Å². The zero-order valence-electron chi connectivity index (χ0n) is 10.7. The van der Waals surface area contributed by atoms with Gasteiger partial charge in [0.2, 0.25) is 5.91 Å². The summed E-state index contributed by atoms with van der Waals surface area (Å²) in [5, 5.41) is 2.89. The summed E-state index contributed by atoms with van der Waals surface area (Å²) in [6.45, 7) is 2.70. The Kier molecular flexibility index (Phi) is 4.12. The van der Waals surface area contributed by atoms with E-state index in [2.05, 4.69) is 10.3 Å². The van der Waals surface area contributed by atoms with Crippen molar-refractivity contribution in [3.05, 3.63) is 28.4 Å². The normalized spacial score (nSPS) is 15.8. The zero-order valence-corrected chi connectivity index (χ0v) is 10.7. The van der Waals surface area contributed by atoms with Gasteiger partial charge in [-0.3, -0.25) is 14.2 Å². The molecule has 98 valence electrons. The summed E-state index contributed by atoms with van der Waals surface area (Å²) in [6.07, 6.45) is 7.36. The lowest BCUT2D eigenvalue weighted by Crippen LogP contribution is -2.34. The molecule has 1 amide bonds. The van der Waals surface area contributed by atoms with E-state index in [0.29, 0.717) is 18.7 Å². The van der Waals surface area contributed by atoms with Gasteiger partial charge in [0.05, 0.1) is 6.33 Å². The lowest BCUT2D eigenvalue weighted by molar-refractivity contribution is -0.124. The van der Waals surface area contributed by atoms with Crippen molar-refractivity contribution in [3.8, 4) is 0 Å².